The first-order valence-electron chi connectivity index (χ1n) is 9.31. The van der Waals surface area contributed by atoms with E-state index >= 15 is 0 Å². The number of Topliss-reactive ketones (excluding diaryl/α,β-unsaturated/α-hetero) is 1. The summed E-state index contributed by atoms with van der Waals surface area (Å²) < 4.78 is 1.81. The lowest BCUT2D eigenvalue weighted by atomic mass is 9.73. The minimum atomic E-state index is -0.280. The summed E-state index contributed by atoms with van der Waals surface area (Å²) in [5.74, 6) is 1.28. The zero-order valence-electron chi connectivity index (χ0n) is 15.9. The van der Waals surface area contributed by atoms with Crippen LogP contribution in [0, 0.1) is 5.41 Å². The van der Waals surface area contributed by atoms with Gasteiger partial charge in [0.15, 0.2) is 11.6 Å². The van der Waals surface area contributed by atoms with Gasteiger partial charge in [-0.25, -0.2) is 4.68 Å². The molecule has 0 bridgehead atoms. The average molecular weight is 445 g/mol. The molecule has 2 aliphatic rings. The van der Waals surface area contributed by atoms with Gasteiger partial charge in [-0.2, -0.15) is 4.98 Å². The Kier molecular flexibility index (Phi) is 4.35. The van der Waals surface area contributed by atoms with Crippen molar-refractivity contribution in [2.75, 3.05) is 5.32 Å². The van der Waals surface area contributed by atoms with Crippen LogP contribution in [0.3, 0.4) is 0 Å². The highest BCUT2D eigenvalue weighted by molar-refractivity contribution is 7.10. The molecule has 8 heteroatoms. The van der Waals surface area contributed by atoms with E-state index in [1.54, 1.807) is 28.2 Å². The molecular weight excluding hydrogens is 427 g/mol. The van der Waals surface area contributed by atoms with Gasteiger partial charge in [-0.1, -0.05) is 43.1 Å². The number of hydrogen-bond acceptors (Lipinski definition) is 5. The molecule has 1 N–H and O–H groups in total. The van der Waals surface area contributed by atoms with E-state index in [2.05, 4.69) is 19.2 Å². The van der Waals surface area contributed by atoms with E-state index in [1.165, 1.54) is 0 Å². The van der Waals surface area contributed by atoms with E-state index in [0.717, 1.165) is 22.6 Å². The molecule has 0 spiro atoms. The maximum atomic E-state index is 13.1. The number of aromatic nitrogens is 3. The maximum Gasteiger partial charge on any atom is 0.226 e. The van der Waals surface area contributed by atoms with Gasteiger partial charge in [0.2, 0.25) is 5.95 Å². The molecule has 1 atom stereocenters. The number of allylic oxidation sites excluding steroid dienone is 2. The second-order valence-corrected chi connectivity index (χ2v) is 10.0. The molecule has 0 saturated carbocycles. The zero-order valence-corrected chi connectivity index (χ0v) is 18.2. The molecule has 0 amide bonds. The predicted octanol–water partition coefficient (Wildman–Crippen LogP) is 5.97. The minimum absolute atomic E-state index is 0.0899. The van der Waals surface area contributed by atoms with Crippen LogP contribution < -0.4 is 5.32 Å². The first-order chi connectivity index (χ1) is 13.8. The van der Waals surface area contributed by atoms with Crippen LogP contribution in [0.2, 0.25) is 10.0 Å². The van der Waals surface area contributed by atoms with Crippen LogP contribution >= 0.6 is 34.5 Å². The van der Waals surface area contributed by atoms with E-state index in [9.17, 15) is 4.79 Å². The summed E-state index contributed by atoms with van der Waals surface area (Å²) in [4.78, 5) is 18.9. The van der Waals surface area contributed by atoms with Crippen LogP contribution in [0.25, 0.3) is 11.4 Å². The highest BCUT2D eigenvalue weighted by Gasteiger charge is 2.42. The summed E-state index contributed by atoms with van der Waals surface area (Å²) >= 11 is 14.0. The Bertz CT molecular complexity index is 1160. The summed E-state index contributed by atoms with van der Waals surface area (Å²) in [6, 6.07) is 9.01. The Hall–Kier alpha value is -2.15. The number of nitrogens with one attached hydrogen (secondary N) is 1. The number of benzene rings is 1. The van der Waals surface area contributed by atoms with Crippen molar-refractivity contribution in [3.8, 4) is 11.4 Å². The molecule has 3 heterocycles. The molecule has 5 rings (SSSR count). The fraction of sp³-hybridized carbons (Fsp3) is 0.286. The molecule has 29 heavy (non-hydrogen) atoms. The molecular formula is C21H18Cl2N4OS. The van der Waals surface area contributed by atoms with E-state index in [-0.39, 0.29) is 17.2 Å². The topological polar surface area (TPSA) is 59.8 Å². The number of fused-ring (bicyclic) bond motifs is 1. The number of carbonyl (C=O) groups excluding carboxylic acids is 1. The molecule has 3 aromatic rings. The maximum absolute atomic E-state index is 13.1. The number of anilines is 1. The van der Waals surface area contributed by atoms with Gasteiger partial charge >= 0.3 is 0 Å². The molecule has 1 aliphatic carbocycles. The van der Waals surface area contributed by atoms with E-state index in [1.807, 2.05) is 23.6 Å². The average Bonchev–Trinajstić information content (AvgIpc) is 3.28. The van der Waals surface area contributed by atoms with E-state index in [4.69, 9.17) is 33.3 Å². The smallest absolute Gasteiger partial charge is 0.226 e. The zero-order chi connectivity index (χ0) is 20.3. The number of halogens is 2. The second kappa shape index (κ2) is 6.69. The van der Waals surface area contributed by atoms with Crippen molar-refractivity contribution in [1.82, 2.24) is 14.8 Å². The molecule has 1 aromatic carbocycles. The Morgan fingerprint density at radius 1 is 1.24 bits per heavy atom. The lowest BCUT2D eigenvalue weighted by Crippen LogP contribution is -2.36. The number of thiophene rings is 1. The van der Waals surface area contributed by atoms with Crippen LogP contribution in [0.15, 0.2) is 47.0 Å². The van der Waals surface area contributed by atoms with Crippen molar-refractivity contribution in [1.29, 1.82) is 0 Å². The Labute approximate surface area is 182 Å². The third-order valence-electron chi connectivity index (χ3n) is 5.32. The number of hydrogen-bond donors (Lipinski definition) is 1. The van der Waals surface area contributed by atoms with Gasteiger partial charge in [-0.3, -0.25) is 4.79 Å². The summed E-state index contributed by atoms with van der Waals surface area (Å²) in [5.41, 5.74) is 2.35. The Morgan fingerprint density at radius 3 is 2.79 bits per heavy atom. The van der Waals surface area contributed by atoms with Gasteiger partial charge < -0.3 is 5.32 Å². The Morgan fingerprint density at radius 2 is 2.07 bits per heavy atom. The van der Waals surface area contributed by atoms with Gasteiger partial charge in [0.1, 0.15) is 6.04 Å². The van der Waals surface area contributed by atoms with Crippen molar-refractivity contribution in [2.45, 2.75) is 32.7 Å². The summed E-state index contributed by atoms with van der Waals surface area (Å²) in [6.45, 7) is 4.24. The van der Waals surface area contributed by atoms with Crippen LogP contribution in [-0.4, -0.2) is 20.5 Å². The molecule has 1 aliphatic heterocycles. The summed E-state index contributed by atoms with van der Waals surface area (Å²) in [6.07, 6.45) is 1.31. The quantitative estimate of drug-likeness (QED) is 0.528. The standard InChI is InChI=1S/C21H18Cl2N4OS/c1-21(2)9-14-17(15(28)10-21)18(16-4-3-7-29-16)27-20(24-14)25-19(26-27)12-6-5-11(22)8-13(12)23/h3-8,18H,9-10H2,1-2H3,(H,24,25,26). The fourth-order valence-corrected chi connectivity index (χ4v) is 5.41. The molecule has 0 radical (unpaired) electrons. The number of ketones is 1. The molecule has 1 unspecified atom stereocenters. The lowest BCUT2D eigenvalue weighted by Gasteiger charge is -2.37. The van der Waals surface area contributed by atoms with Crippen molar-refractivity contribution in [3.63, 3.8) is 0 Å². The molecule has 2 aromatic heterocycles. The largest absolute Gasteiger partial charge is 0.328 e. The normalized spacial score (nSPS) is 20.3. The second-order valence-electron chi connectivity index (χ2n) is 8.20. The number of rotatable bonds is 2. The van der Waals surface area contributed by atoms with Crippen LogP contribution in [0.4, 0.5) is 5.95 Å². The minimum Gasteiger partial charge on any atom is -0.328 e. The first-order valence-corrected chi connectivity index (χ1v) is 10.9. The highest BCUT2D eigenvalue weighted by Crippen LogP contribution is 2.46. The van der Waals surface area contributed by atoms with Gasteiger partial charge in [-0.15, -0.1) is 16.4 Å². The number of carbonyl (C=O) groups is 1. The molecule has 0 fully saturated rings. The molecule has 5 nitrogen and oxygen atoms in total. The van der Waals surface area contributed by atoms with Crippen LogP contribution in [0.5, 0.6) is 0 Å². The van der Waals surface area contributed by atoms with E-state index in [0.29, 0.717) is 33.8 Å². The SMILES string of the molecule is CC1(C)CC(=O)C2=C(C1)Nc1nc(-c3ccc(Cl)cc3Cl)nn1C2c1cccs1. The van der Waals surface area contributed by atoms with Gasteiger partial charge in [0.05, 0.1) is 5.02 Å². The van der Waals surface area contributed by atoms with Crippen molar-refractivity contribution < 1.29 is 4.79 Å². The third-order valence-corrected chi connectivity index (χ3v) is 6.79. The summed E-state index contributed by atoms with van der Waals surface area (Å²) in [7, 11) is 0. The van der Waals surface area contributed by atoms with Crippen molar-refractivity contribution >= 4 is 46.3 Å². The van der Waals surface area contributed by atoms with E-state index < -0.39 is 0 Å². The molecule has 148 valence electrons. The third kappa shape index (κ3) is 3.19. The number of nitrogens with zero attached hydrogens (tertiary/aromatic N) is 3. The first kappa shape index (κ1) is 18.9. The van der Waals surface area contributed by atoms with Crippen LogP contribution in [-0.2, 0) is 4.79 Å². The molecule has 0 saturated heterocycles. The lowest BCUT2D eigenvalue weighted by molar-refractivity contribution is -0.118. The van der Waals surface area contributed by atoms with Gasteiger partial charge in [0, 0.05) is 33.2 Å². The fourth-order valence-electron chi connectivity index (χ4n) is 4.10. The predicted molar refractivity (Wildman–Crippen MR) is 117 cm³/mol. The van der Waals surface area contributed by atoms with Gasteiger partial charge in [-0.05, 0) is 41.5 Å². The van der Waals surface area contributed by atoms with Crippen molar-refractivity contribution in [3.05, 3.63) is 61.9 Å². The highest BCUT2D eigenvalue weighted by atomic mass is 35.5. The van der Waals surface area contributed by atoms with Crippen LogP contribution in [0.1, 0.15) is 37.6 Å². The monoisotopic (exact) mass is 444 g/mol. The Balaban J connectivity index is 1.67. The van der Waals surface area contributed by atoms with Crippen molar-refractivity contribution in [2.24, 2.45) is 5.41 Å². The van der Waals surface area contributed by atoms with Gasteiger partial charge in [0.25, 0.3) is 0 Å². The summed E-state index contributed by atoms with van der Waals surface area (Å²) in [5, 5.41) is 11.2.